The number of hydrogen-bond acceptors (Lipinski definition) is 1. The van der Waals surface area contributed by atoms with E-state index in [4.69, 9.17) is 11.6 Å². The number of hydrogen-bond donors (Lipinski definition) is 1. The number of halogens is 1. The Kier molecular flexibility index (Phi) is 2.99. The second-order valence-corrected chi connectivity index (χ2v) is 3.39. The van der Waals surface area contributed by atoms with Crippen LogP contribution >= 0.6 is 11.6 Å². The average Bonchev–Trinajstić information content (AvgIpc) is 2.01. The molecule has 0 saturated heterocycles. The lowest BCUT2D eigenvalue weighted by Crippen LogP contribution is -1.88. The highest BCUT2D eigenvalue weighted by Gasteiger charge is 2.03. The lowest BCUT2D eigenvalue weighted by atomic mass is 10.0. The summed E-state index contributed by atoms with van der Waals surface area (Å²) in [6.07, 6.45) is 2.08. The van der Waals surface area contributed by atoms with Gasteiger partial charge < -0.3 is 5.11 Å². The average molecular weight is 185 g/mol. The third-order valence-electron chi connectivity index (χ3n) is 1.92. The molecule has 1 rings (SSSR count). The van der Waals surface area contributed by atoms with Gasteiger partial charge in [-0.2, -0.15) is 0 Å². The number of phenols is 1. The summed E-state index contributed by atoms with van der Waals surface area (Å²) < 4.78 is 0. The van der Waals surface area contributed by atoms with Crippen LogP contribution in [0.3, 0.4) is 0 Å². The molecule has 0 saturated carbocycles. The predicted octanol–water partition coefficient (Wildman–Crippen LogP) is 3.31. The molecule has 0 atom stereocenters. The first kappa shape index (κ1) is 9.40. The van der Waals surface area contributed by atoms with E-state index >= 15 is 0 Å². The largest absolute Gasteiger partial charge is 0.506 e. The van der Waals surface area contributed by atoms with E-state index in [1.165, 1.54) is 5.56 Å². The van der Waals surface area contributed by atoms with Gasteiger partial charge in [-0.05, 0) is 36.6 Å². The molecule has 1 N–H and O–H groups in total. The molecule has 0 aliphatic heterocycles. The van der Waals surface area contributed by atoms with E-state index in [-0.39, 0.29) is 5.75 Å². The van der Waals surface area contributed by atoms with Crippen molar-refractivity contribution in [1.82, 2.24) is 0 Å². The highest BCUT2D eigenvalue weighted by Crippen LogP contribution is 2.27. The van der Waals surface area contributed by atoms with Gasteiger partial charge in [0.1, 0.15) is 5.75 Å². The van der Waals surface area contributed by atoms with E-state index in [9.17, 15) is 5.11 Å². The Morgan fingerprint density at radius 3 is 2.67 bits per heavy atom. The number of aromatic hydroxyl groups is 1. The molecule has 1 aromatic rings. The smallest absolute Gasteiger partial charge is 0.134 e. The van der Waals surface area contributed by atoms with Gasteiger partial charge in [0.05, 0.1) is 5.02 Å². The summed E-state index contributed by atoms with van der Waals surface area (Å²) in [6, 6.07) is 3.56. The molecular weight excluding hydrogens is 172 g/mol. The van der Waals surface area contributed by atoms with Gasteiger partial charge in [-0.25, -0.2) is 0 Å². The molecule has 1 nitrogen and oxygen atoms in total. The SMILES string of the molecule is CCCc1cc(O)c(Cl)cc1C. The lowest BCUT2D eigenvalue weighted by Gasteiger charge is -2.05. The third kappa shape index (κ3) is 1.92. The van der Waals surface area contributed by atoms with E-state index in [1.54, 1.807) is 6.07 Å². The molecule has 66 valence electrons. The molecule has 0 aliphatic carbocycles. The van der Waals surface area contributed by atoms with Gasteiger partial charge in [-0.1, -0.05) is 24.9 Å². The van der Waals surface area contributed by atoms with Crippen molar-refractivity contribution in [3.05, 3.63) is 28.3 Å². The fourth-order valence-electron chi connectivity index (χ4n) is 1.24. The minimum Gasteiger partial charge on any atom is -0.506 e. The van der Waals surface area contributed by atoms with Gasteiger partial charge >= 0.3 is 0 Å². The number of benzene rings is 1. The maximum Gasteiger partial charge on any atom is 0.134 e. The van der Waals surface area contributed by atoms with Crippen LogP contribution in [-0.2, 0) is 6.42 Å². The minimum atomic E-state index is 0.186. The molecular formula is C10H13ClO. The Balaban J connectivity index is 3.05. The zero-order valence-electron chi connectivity index (χ0n) is 7.39. The van der Waals surface area contributed by atoms with E-state index in [0.717, 1.165) is 18.4 Å². The van der Waals surface area contributed by atoms with Crippen LogP contribution in [0.25, 0.3) is 0 Å². The van der Waals surface area contributed by atoms with E-state index in [0.29, 0.717) is 5.02 Å². The van der Waals surface area contributed by atoms with Crippen molar-refractivity contribution in [1.29, 1.82) is 0 Å². The summed E-state index contributed by atoms with van der Waals surface area (Å²) in [7, 11) is 0. The first-order chi connectivity index (χ1) is 5.65. The van der Waals surface area contributed by atoms with Gasteiger partial charge in [0.25, 0.3) is 0 Å². The van der Waals surface area contributed by atoms with Crippen molar-refractivity contribution in [3.8, 4) is 5.75 Å². The molecule has 0 bridgehead atoms. The molecule has 0 spiro atoms. The van der Waals surface area contributed by atoms with Gasteiger partial charge in [0.2, 0.25) is 0 Å². The van der Waals surface area contributed by atoms with Crippen LogP contribution in [0.1, 0.15) is 24.5 Å². The summed E-state index contributed by atoms with van der Waals surface area (Å²) >= 11 is 5.74. The van der Waals surface area contributed by atoms with E-state index < -0.39 is 0 Å². The van der Waals surface area contributed by atoms with Crippen molar-refractivity contribution in [2.75, 3.05) is 0 Å². The molecule has 0 aliphatic rings. The van der Waals surface area contributed by atoms with Gasteiger partial charge in [0.15, 0.2) is 0 Å². The van der Waals surface area contributed by atoms with Gasteiger partial charge in [0, 0.05) is 0 Å². The van der Waals surface area contributed by atoms with Crippen LogP contribution in [0.2, 0.25) is 5.02 Å². The zero-order valence-corrected chi connectivity index (χ0v) is 8.15. The Labute approximate surface area is 78.0 Å². The standard InChI is InChI=1S/C10H13ClO/c1-3-4-8-6-10(12)9(11)5-7(8)2/h5-6,12H,3-4H2,1-2H3. The molecule has 2 heteroatoms. The first-order valence-electron chi connectivity index (χ1n) is 4.13. The number of aryl methyl sites for hydroxylation is 2. The van der Waals surface area contributed by atoms with Gasteiger partial charge in [-0.3, -0.25) is 0 Å². The first-order valence-corrected chi connectivity index (χ1v) is 4.51. The maximum absolute atomic E-state index is 9.32. The monoisotopic (exact) mass is 184 g/mol. The molecule has 1 aromatic carbocycles. The summed E-state index contributed by atoms with van der Waals surface area (Å²) in [5.74, 6) is 0.186. The minimum absolute atomic E-state index is 0.186. The van der Waals surface area contributed by atoms with Crippen molar-refractivity contribution >= 4 is 11.6 Å². The Morgan fingerprint density at radius 1 is 1.42 bits per heavy atom. The second-order valence-electron chi connectivity index (χ2n) is 2.98. The quantitative estimate of drug-likeness (QED) is 0.748. The fraction of sp³-hybridized carbons (Fsp3) is 0.400. The van der Waals surface area contributed by atoms with Crippen LogP contribution in [0.15, 0.2) is 12.1 Å². The second kappa shape index (κ2) is 3.81. The van der Waals surface area contributed by atoms with Crippen LogP contribution in [0.5, 0.6) is 5.75 Å². The van der Waals surface area contributed by atoms with E-state index in [1.807, 2.05) is 13.0 Å². The third-order valence-corrected chi connectivity index (χ3v) is 2.23. The molecule has 0 heterocycles. The van der Waals surface area contributed by atoms with Crippen LogP contribution in [-0.4, -0.2) is 5.11 Å². The molecule has 0 radical (unpaired) electrons. The molecule has 0 unspecified atom stereocenters. The molecule has 0 amide bonds. The zero-order chi connectivity index (χ0) is 9.14. The Hall–Kier alpha value is -0.690. The van der Waals surface area contributed by atoms with Crippen LogP contribution in [0.4, 0.5) is 0 Å². The normalized spacial score (nSPS) is 10.2. The van der Waals surface area contributed by atoms with Crippen LogP contribution < -0.4 is 0 Å². The lowest BCUT2D eigenvalue weighted by molar-refractivity contribution is 0.474. The summed E-state index contributed by atoms with van der Waals surface area (Å²) in [4.78, 5) is 0. The molecule has 0 aromatic heterocycles. The molecule has 0 fully saturated rings. The number of rotatable bonds is 2. The fourth-order valence-corrected chi connectivity index (χ4v) is 1.46. The Morgan fingerprint density at radius 2 is 2.08 bits per heavy atom. The van der Waals surface area contributed by atoms with Crippen molar-refractivity contribution in [2.45, 2.75) is 26.7 Å². The maximum atomic E-state index is 9.32. The van der Waals surface area contributed by atoms with E-state index in [2.05, 4.69) is 6.92 Å². The highest BCUT2D eigenvalue weighted by molar-refractivity contribution is 6.32. The van der Waals surface area contributed by atoms with Crippen molar-refractivity contribution in [3.63, 3.8) is 0 Å². The summed E-state index contributed by atoms with van der Waals surface area (Å²) in [6.45, 7) is 4.13. The Bertz CT molecular complexity index is 281. The van der Waals surface area contributed by atoms with Crippen LogP contribution in [0, 0.1) is 6.92 Å². The summed E-state index contributed by atoms with van der Waals surface area (Å²) in [5.41, 5.74) is 2.33. The number of phenolic OH excluding ortho intramolecular Hbond substituents is 1. The topological polar surface area (TPSA) is 20.2 Å². The van der Waals surface area contributed by atoms with Crippen molar-refractivity contribution in [2.24, 2.45) is 0 Å². The van der Waals surface area contributed by atoms with Crippen molar-refractivity contribution < 1.29 is 5.11 Å². The van der Waals surface area contributed by atoms with Gasteiger partial charge in [-0.15, -0.1) is 0 Å². The molecule has 12 heavy (non-hydrogen) atoms. The summed E-state index contributed by atoms with van der Waals surface area (Å²) in [5, 5.41) is 9.76. The highest BCUT2D eigenvalue weighted by atomic mass is 35.5. The predicted molar refractivity (Wildman–Crippen MR) is 51.8 cm³/mol.